The molecule has 3 rings (SSSR count). The van der Waals surface area contributed by atoms with Crippen LogP contribution in [0.5, 0.6) is 5.75 Å². The van der Waals surface area contributed by atoms with Crippen molar-refractivity contribution in [3.05, 3.63) is 47.3 Å². The minimum atomic E-state index is -0.146. The summed E-state index contributed by atoms with van der Waals surface area (Å²) in [6, 6.07) is 7.93. The number of amides is 1. The number of morpholine rings is 1. The third-order valence-electron chi connectivity index (χ3n) is 4.44. The van der Waals surface area contributed by atoms with Crippen LogP contribution in [-0.2, 0) is 11.2 Å². The van der Waals surface area contributed by atoms with Crippen molar-refractivity contribution >= 4 is 11.9 Å². The molecule has 0 spiro atoms. The number of hydrogen-bond donors (Lipinski definition) is 1. The molecule has 144 valence electrons. The topological polar surface area (TPSA) is 76.6 Å². The molecular formula is C20H26N4O3. The number of rotatable bonds is 7. The van der Waals surface area contributed by atoms with Crippen LogP contribution >= 0.6 is 0 Å². The number of carbonyl (C=O) groups is 1. The first-order valence-electron chi connectivity index (χ1n) is 9.33. The summed E-state index contributed by atoms with van der Waals surface area (Å²) < 4.78 is 10.8. The molecular weight excluding hydrogens is 344 g/mol. The minimum Gasteiger partial charge on any atom is -0.494 e. The molecule has 1 aromatic carbocycles. The smallest absolute Gasteiger partial charge is 0.254 e. The summed E-state index contributed by atoms with van der Waals surface area (Å²) in [7, 11) is 0. The van der Waals surface area contributed by atoms with E-state index in [2.05, 4.69) is 20.2 Å². The lowest BCUT2D eigenvalue weighted by molar-refractivity contribution is 0.0952. The Morgan fingerprint density at radius 2 is 2.00 bits per heavy atom. The first kappa shape index (κ1) is 19.1. The van der Waals surface area contributed by atoms with Crippen LogP contribution in [0.2, 0.25) is 0 Å². The van der Waals surface area contributed by atoms with Crippen LogP contribution in [0.4, 0.5) is 5.95 Å². The fraction of sp³-hybridized carbons (Fsp3) is 0.450. The average Bonchev–Trinajstić information content (AvgIpc) is 2.70. The highest BCUT2D eigenvalue weighted by molar-refractivity contribution is 5.95. The second-order valence-electron chi connectivity index (χ2n) is 6.35. The number of carbonyl (C=O) groups excluding carboxylic acids is 1. The Morgan fingerprint density at radius 3 is 2.67 bits per heavy atom. The summed E-state index contributed by atoms with van der Waals surface area (Å²) in [5.41, 5.74) is 2.35. The predicted molar refractivity (Wildman–Crippen MR) is 103 cm³/mol. The maximum atomic E-state index is 12.4. The summed E-state index contributed by atoms with van der Waals surface area (Å²) in [4.78, 5) is 23.4. The largest absolute Gasteiger partial charge is 0.494 e. The van der Waals surface area contributed by atoms with E-state index >= 15 is 0 Å². The Hall–Kier alpha value is -2.67. The van der Waals surface area contributed by atoms with Gasteiger partial charge in [0.15, 0.2) is 0 Å². The standard InChI is InChI=1S/C20H26N4O3/c1-3-27-17-6-4-16(5-7-17)8-9-21-19(25)18-14-22-20(23-15(18)2)24-10-12-26-13-11-24/h4-7,14H,3,8-13H2,1-2H3,(H,21,25). The highest BCUT2D eigenvalue weighted by Gasteiger charge is 2.17. The van der Waals surface area contributed by atoms with Gasteiger partial charge in [-0.3, -0.25) is 4.79 Å². The van der Waals surface area contributed by atoms with Crippen molar-refractivity contribution in [2.75, 3.05) is 44.4 Å². The number of nitrogens with zero attached hydrogens (tertiary/aromatic N) is 3. The van der Waals surface area contributed by atoms with Crippen LogP contribution in [-0.4, -0.2) is 55.3 Å². The van der Waals surface area contributed by atoms with E-state index in [0.717, 1.165) is 30.8 Å². The minimum absolute atomic E-state index is 0.146. The molecule has 1 amide bonds. The lowest BCUT2D eigenvalue weighted by atomic mass is 10.1. The molecule has 1 fully saturated rings. The molecule has 0 aliphatic carbocycles. The van der Waals surface area contributed by atoms with Gasteiger partial charge >= 0.3 is 0 Å². The molecule has 0 bridgehead atoms. The van der Waals surface area contributed by atoms with Gasteiger partial charge in [-0.15, -0.1) is 0 Å². The van der Waals surface area contributed by atoms with Gasteiger partial charge in [0.25, 0.3) is 5.91 Å². The van der Waals surface area contributed by atoms with Crippen LogP contribution in [0.1, 0.15) is 28.5 Å². The summed E-state index contributed by atoms with van der Waals surface area (Å²) in [5.74, 6) is 1.37. The van der Waals surface area contributed by atoms with E-state index in [1.807, 2.05) is 38.1 Å². The molecule has 1 aromatic heterocycles. The van der Waals surface area contributed by atoms with Gasteiger partial charge in [0.1, 0.15) is 5.75 Å². The third kappa shape index (κ3) is 5.17. The monoisotopic (exact) mass is 370 g/mol. The molecule has 0 saturated carbocycles. The zero-order valence-electron chi connectivity index (χ0n) is 15.9. The predicted octanol–water partition coefficient (Wildman–Crippen LogP) is 1.99. The van der Waals surface area contributed by atoms with Crippen molar-refractivity contribution in [3.8, 4) is 5.75 Å². The first-order chi connectivity index (χ1) is 13.2. The Kier molecular flexibility index (Phi) is 6.59. The molecule has 7 heteroatoms. The number of aryl methyl sites for hydroxylation is 1. The van der Waals surface area contributed by atoms with Gasteiger partial charge in [0.05, 0.1) is 31.1 Å². The van der Waals surface area contributed by atoms with Gasteiger partial charge in [-0.1, -0.05) is 12.1 Å². The van der Waals surface area contributed by atoms with Gasteiger partial charge in [0, 0.05) is 25.8 Å². The molecule has 1 N–H and O–H groups in total. The van der Waals surface area contributed by atoms with E-state index < -0.39 is 0 Å². The molecule has 0 radical (unpaired) electrons. The first-order valence-corrected chi connectivity index (χ1v) is 9.33. The van der Waals surface area contributed by atoms with Crippen LogP contribution in [0.25, 0.3) is 0 Å². The summed E-state index contributed by atoms with van der Waals surface area (Å²) >= 11 is 0. The average molecular weight is 370 g/mol. The van der Waals surface area contributed by atoms with Crippen LogP contribution in [0, 0.1) is 6.92 Å². The highest BCUT2D eigenvalue weighted by atomic mass is 16.5. The van der Waals surface area contributed by atoms with E-state index in [1.54, 1.807) is 6.20 Å². The van der Waals surface area contributed by atoms with Gasteiger partial charge in [-0.25, -0.2) is 9.97 Å². The Labute approximate surface area is 159 Å². The fourth-order valence-electron chi connectivity index (χ4n) is 2.93. The third-order valence-corrected chi connectivity index (χ3v) is 4.44. The van der Waals surface area contributed by atoms with E-state index in [9.17, 15) is 4.79 Å². The van der Waals surface area contributed by atoms with E-state index in [1.165, 1.54) is 0 Å². The second kappa shape index (κ2) is 9.32. The quantitative estimate of drug-likeness (QED) is 0.803. The molecule has 1 saturated heterocycles. The maximum Gasteiger partial charge on any atom is 0.254 e. The van der Waals surface area contributed by atoms with Crippen molar-refractivity contribution in [1.82, 2.24) is 15.3 Å². The molecule has 0 unspecified atom stereocenters. The highest BCUT2D eigenvalue weighted by Crippen LogP contribution is 2.14. The molecule has 0 atom stereocenters. The number of aromatic nitrogens is 2. The molecule has 27 heavy (non-hydrogen) atoms. The Bertz CT molecular complexity index is 758. The molecule has 2 aromatic rings. The number of nitrogens with one attached hydrogen (secondary N) is 1. The molecule has 7 nitrogen and oxygen atoms in total. The number of anilines is 1. The molecule has 1 aliphatic heterocycles. The van der Waals surface area contributed by atoms with Crippen LogP contribution < -0.4 is 15.0 Å². The van der Waals surface area contributed by atoms with Gasteiger partial charge in [0.2, 0.25) is 5.95 Å². The van der Waals surface area contributed by atoms with E-state index in [0.29, 0.717) is 43.6 Å². The zero-order chi connectivity index (χ0) is 19.1. The van der Waals surface area contributed by atoms with Crippen molar-refractivity contribution < 1.29 is 14.3 Å². The molecule has 1 aliphatic rings. The van der Waals surface area contributed by atoms with Gasteiger partial charge < -0.3 is 19.7 Å². The second-order valence-corrected chi connectivity index (χ2v) is 6.35. The zero-order valence-corrected chi connectivity index (χ0v) is 15.9. The van der Waals surface area contributed by atoms with Crippen molar-refractivity contribution in [2.24, 2.45) is 0 Å². The van der Waals surface area contributed by atoms with Gasteiger partial charge in [-0.2, -0.15) is 0 Å². The molecule has 2 heterocycles. The maximum absolute atomic E-state index is 12.4. The van der Waals surface area contributed by atoms with Crippen molar-refractivity contribution in [2.45, 2.75) is 20.3 Å². The summed E-state index contributed by atoms with van der Waals surface area (Å²) in [6.07, 6.45) is 2.36. The number of hydrogen-bond acceptors (Lipinski definition) is 6. The van der Waals surface area contributed by atoms with Gasteiger partial charge in [-0.05, 0) is 38.0 Å². The van der Waals surface area contributed by atoms with Crippen LogP contribution in [0.15, 0.2) is 30.5 Å². The summed E-state index contributed by atoms with van der Waals surface area (Å²) in [5, 5.41) is 2.94. The van der Waals surface area contributed by atoms with Crippen molar-refractivity contribution in [1.29, 1.82) is 0 Å². The van der Waals surface area contributed by atoms with E-state index in [4.69, 9.17) is 9.47 Å². The Morgan fingerprint density at radius 1 is 1.26 bits per heavy atom. The Balaban J connectivity index is 1.53. The van der Waals surface area contributed by atoms with Crippen LogP contribution in [0.3, 0.4) is 0 Å². The lowest BCUT2D eigenvalue weighted by Gasteiger charge is -2.27. The fourth-order valence-corrected chi connectivity index (χ4v) is 2.93. The van der Waals surface area contributed by atoms with E-state index in [-0.39, 0.29) is 5.91 Å². The normalized spacial score (nSPS) is 14.1. The SMILES string of the molecule is CCOc1ccc(CCNC(=O)c2cnc(N3CCOCC3)nc2C)cc1. The summed E-state index contributed by atoms with van der Waals surface area (Å²) in [6.45, 7) is 7.90. The number of ether oxygens (including phenoxy) is 2. The number of benzene rings is 1. The lowest BCUT2D eigenvalue weighted by Crippen LogP contribution is -2.37. The van der Waals surface area contributed by atoms with Crippen molar-refractivity contribution in [3.63, 3.8) is 0 Å².